The maximum atomic E-state index is 11.3. The summed E-state index contributed by atoms with van der Waals surface area (Å²) in [5.41, 5.74) is 0. The van der Waals surface area contributed by atoms with Crippen molar-refractivity contribution >= 4 is 136 Å². The molecule has 0 aromatic rings. The molecule has 0 N–H and O–H groups in total. The van der Waals surface area contributed by atoms with Crippen LogP contribution < -0.4 is 0 Å². The molecule has 0 atom stereocenters. The van der Waals surface area contributed by atoms with Gasteiger partial charge in [0, 0.05) is 25.7 Å². The molecule has 0 spiro atoms. The van der Waals surface area contributed by atoms with E-state index in [1.165, 1.54) is 411 Å². The van der Waals surface area contributed by atoms with Gasteiger partial charge in [0.15, 0.2) is 0 Å². The molecule has 692 valence electrons. The Morgan fingerprint density at radius 3 is 0.402 bits per heavy atom. The summed E-state index contributed by atoms with van der Waals surface area (Å²) in [7, 11) is 0. The van der Waals surface area contributed by atoms with Crippen LogP contribution in [0.1, 0.15) is 531 Å². The Hall–Kier alpha value is 0.187. The molecule has 0 fully saturated rings. The molecule has 0 heterocycles. The first kappa shape index (κ1) is 135. The molecule has 0 aliphatic heterocycles. The van der Waals surface area contributed by atoms with Crippen molar-refractivity contribution in [2.75, 3.05) is 49.4 Å². The van der Waals surface area contributed by atoms with Gasteiger partial charge >= 0.3 is 71.7 Å². The van der Waals surface area contributed by atoms with Crippen LogP contribution >= 0.6 is 13.5 Å². The van der Waals surface area contributed by atoms with Crippen molar-refractivity contribution in [3.05, 3.63) is 48.6 Å². The Bertz CT molecular complexity index is 1650. The summed E-state index contributed by atoms with van der Waals surface area (Å²) >= 11 is 19.0. The monoisotopic (exact) mass is 1950 g/mol. The van der Waals surface area contributed by atoms with E-state index in [9.17, 15) is 19.2 Å². The number of rotatable bonds is 88. The van der Waals surface area contributed by atoms with E-state index in [0.717, 1.165) is 51.4 Å². The third-order valence-corrected chi connectivity index (χ3v) is 21.6. The molecule has 0 saturated heterocycles. The van der Waals surface area contributed by atoms with Gasteiger partial charge in [-0.25, -0.2) is 0 Å². The van der Waals surface area contributed by atoms with E-state index < -0.39 is 0 Å². The van der Waals surface area contributed by atoms with E-state index in [1.54, 1.807) is 0 Å². The quantitative estimate of drug-likeness (QED) is 0.0145. The molecule has 15 heteroatoms. The minimum absolute atomic E-state index is 0. The van der Waals surface area contributed by atoms with Crippen molar-refractivity contribution in [2.45, 2.75) is 531 Å². The van der Waals surface area contributed by atoms with Crippen LogP contribution in [0.25, 0.3) is 0 Å². The van der Waals surface area contributed by atoms with Gasteiger partial charge in [-0.15, -0.1) is 23.0 Å². The summed E-state index contributed by atoms with van der Waals surface area (Å²) in [5, 5.41) is 0. The van der Waals surface area contributed by atoms with Gasteiger partial charge in [0.05, 0.1) is 26.4 Å². The van der Waals surface area contributed by atoms with E-state index in [2.05, 4.69) is 76.3 Å². The molecule has 8 nitrogen and oxygen atoms in total. The minimum Gasteiger partial charge on any atom is -0.789 e. The Balaban J connectivity index is -0.000000187. The van der Waals surface area contributed by atoms with E-state index in [1.807, 2.05) is 0 Å². The Morgan fingerprint density at radius 1 is 0.188 bits per heavy atom. The first-order chi connectivity index (χ1) is 55.2. The molecule has 4 radical (unpaired) electrons. The van der Waals surface area contributed by atoms with Crippen molar-refractivity contribution in [1.82, 2.24) is 0 Å². The van der Waals surface area contributed by atoms with E-state index in [0.29, 0.717) is 75.1 Å². The van der Waals surface area contributed by atoms with Gasteiger partial charge in [0.1, 0.15) is 0 Å². The standard InChI is InChI=1S/4C25H48O2S.2CH4.H2S.2Sn/c4*1-2-3-4-5-6-7-8-9-10-11-12-13-14-15-16-17-18-19-20-21-22-25(26)27-23-24-28;;;;;/h4*6-7,28H,2-5,8-24H2,1H3;2*1H4;1H2;;/q;;;;;;;2*+2/p-4/b4*7-6+;;;;;. The normalized spacial score (nSPS) is 10.9. The van der Waals surface area contributed by atoms with Crippen LogP contribution in [0.4, 0.5) is 0 Å². The molecule has 117 heavy (non-hydrogen) atoms. The summed E-state index contributed by atoms with van der Waals surface area (Å²) < 4.78 is 19.9. The number of carbonyl (C=O) groups is 4. The molecule has 0 aromatic carbocycles. The van der Waals surface area contributed by atoms with Crippen molar-refractivity contribution in [3.8, 4) is 0 Å². The number of hydrogen-bond acceptors (Lipinski definition) is 12. The van der Waals surface area contributed by atoms with Crippen molar-refractivity contribution in [2.24, 2.45) is 0 Å². The molecule has 0 bridgehead atoms. The zero-order chi connectivity index (χ0) is 82.2. The average Bonchev–Trinajstić information content (AvgIpc) is 1.08. The molecular formula is C102H198O8S5Sn2. The third-order valence-electron chi connectivity index (χ3n) is 21.0. The fraction of sp³-hybridized carbons (Fsp3) is 0.882. The smallest absolute Gasteiger partial charge is 0.789 e. The maximum absolute atomic E-state index is 11.3. The third kappa shape index (κ3) is 140. The second-order valence-corrected chi connectivity index (χ2v) is 33.7. The topological polar surface area (TPSA) is 105 Å². The Kier molecular flexibility index (Phi) is 152. The van der Waals surface area contributed by atoms with Crippen LogP contribution in [0.2, 0.25) is 0 Å². The summed E-state index contributed by atoms with van der Waals surface area (Å²) in [6.45, 7) is 10.6. The van der Waals surface area contributed by atoms with E-state index >= 15 is 0 Å². The predicted molar refractivity (Wildman–Crippen MR) is 538 cm³/mol. The molecular weight excluding hydrogens is 1750 g/mol. The van der Waals surface area contributed by atoms with Gasteiger partial charge in [0.25, 0.3) is 0 Å². The maximum Gasteiger partial charge on any atom is 2.00 e. The first-order valence-electron chi connectivity index (χ1n) is 48.8. The zero-order valence-corrected chi connectivity index (χ0v) is 86.4. The van der Waals surface area contributed by atoms with Crippen LogP contribution in [0.15, 0.2) is 48.6 Å². The SMILES string of the molecule is C.C.CCCCC/C=C/CCCCCCCCCCCCCCCC(=O)OCC[S-].CCCCC/C=C/CCCCCCCCCCCCCCCC(=O)OCC[S-].CCCCC/C=C/CCCCCCCCCCCCCCCC(=O)OCC[S-].CCCCC/C=C/CCCCCCCCCCCCCCCC(=O)OCC[S-].S.[Sn+2].[Sn+2]. The Morgan fingerprint density at radius 2 is 0.291 bits per heavy atom. The van der Waals surface area contributed by atoms with Crippen LogP contribution in [0.5, 0.6) is 0 Å². The zero-order valence-electron chi connectivity index (χ0n) is 76.4. The van der Waals surface area contributed by atoms with E-state index in [-0.39, 0.29) is 100 Å². The van der Waals surface area contributed by atoms with Crippen molar-refractivity contribution in [1.29, 1.82) is 0 Å². The average molecular weight is 1950 g/mol. The molecule has 0 aliphatic rings. The Labute approximate surface area is 795 Å². The van der Waals surface area contributed by atoms with Gasteiger partial charge < -0.3 is 69.5 Å². The number of carbonyl (C=O) groups excluding carboxylic acids is 4. The molecule has 0 aliphatic carbocycles. The molecule has 0 aromatic heterocycles. The number of allylic oxidation sites excluding steroid dienone is 8. The number of unbranched alkanes of at least 4 members (excludes halogenated alkanes) is 64. The molecule has 0 rings (SSSR count). The van der Waals surface area contributed by atoms with Gasteiger partial charge in [-0.2, -0.15) is 13.5 Å². The summed E-state index contributed by atoms with van der Waals surface area (Å²) in [4.78, 5) is 45.3. The molecule has 0 saturated carbocycles. The summed E-state index contributed by atoms with van der Waals surface area (Å²) in [6, 6.07) is 0. The van der Waals surface area contributed by atoms with Crippen LogP contribution in [0.3, 0.4) is 0 Å². The van der Waals surface area contributed by atoms with Crippen molar-refractivity contribution < 1.29 is 38.1 Å². The molecule has 0 amide bonds. The van der Waals surface area contributed by atoms with Crippen LogP contribution in [-0.4, -0.2) is 121 Å². The fourth-order valence-corrected chi connectivity index (χ4v) is 14.1. The second-order valence-electron chi connectivity index (χ2n) is 32.1. The summed E-state index contributed by atoms with van der Waals surface area (Å²) in [5.74, 6) is 1.69. The van der Waals surface area contributed by atoms with Gasteiger partial charge in [0.2, 0.25) is 0 Å². The fourth-order valence-electron chi connectivity index (χ4n) is 13.8. The van der Waals surface area contributed by atoms with Crippen LogP contribution in [-0.2, 0) is 88.6 Å². The number of ether oxygens (including phenoxy) is 4. The second kappa shape index (κ2) is 132. The van der Waals surface area contributed by atoms with Crippen molar-refractivity contribution in [3.63, 3.8) is 0 Å². The predicted octanol–water partition coefficient (Wildman–Crippen LogP) is 32.9. The first-order valence-corrected chi connectivity index (χ1v) is 51.1. The largest absolute Gasteiger partial charge is 2.00 e. The minimum atomic E-state index is -0.0799. The molecule has 0 unspecified atom stereocenters. The van der Waals surface area contributed by atoms with E-state index in [4.69, 9.17) is 69.5 Å². The van der Waals surface area contributed by atoms with Gasteiger partial charge in [-0.1, -0.05) is 425 Å². The number of hydrogen-bond donors (Lipinski definition) is 0. The van der Waals surface area contributed by atoms with Crippen LogP contribution in [0, 0.1) is 0 Å². The van der Waals surface area contributed by atoms with Gasteiger partial charge in [-0.05, 0) is 128 Å². The summed E-state index contributed by atoms with van der Waals surface area (Å²) in [6.07, 6.45) is 117. The van der Waals surface area contributed by atoms with Gasteiger partial charge in [-0.3, -0.25) is 19.2 Å². The number of esters is 4.